The molecule has 3 aromatic rings. The molecular formula is C30H38N4O3. The Morgan fingerprint density at radius 1 is 1.16 bits per heavy atom. The molecule has 0 spiro atoms. The Morgan fingerprint density at radius 3 is 2.49 bits per heavy atom. The van der Waals surface area contributed by atoms with Crippen molar-refractivity contribution in [3.63, 3.8) is 0 Å². The number of anilines is 1. The van der Waals surface area contributed by atoms with Gasteiger partial charge in [-0.3, -0.25) is 4.79 Å². The van der Waals surface area contributed by atoms with E-state index in [4.69, 9.17) is 9.47 Å². The fraction of sp³-hybridized carbons (Fsp3) is 0.367. The van der Waals surface area contributed by atoms with E-state index in [0.29, 0.717) is 13.0 Å². The molecule has 1 atom stereocenters. The maximum absolute atomic E-state index is 12.1. The summed E-state index contributed by atoms with van der Waals surface area (Å²) in [6, 6.07) is 9.97. The van der Waals surface area contributed by atoms with Crippen molar-refractivity contribution < 1.29 is 14.3 Å². The van der Waals surface area contributed by atoms with Crippen LogP contribution in [0.4, 0.5) is 5.82 Å². The van der Waals surface area contributed by atoms with E-state index < -0.39 is 5.41 Å². The Bertz CT molecular complexity index is 1290. The van der Waals surface area contributed by atoms with Gasteiger partial charge in [0.15, 0.2) is 0 Å². The third-order valence-corrected chi connectivity index (χ3v) is 6.28. The summed E-state index contributed by atoms with van der Waals surface area (Å²) in [7, 11) is 1.42. The number of carbonyl (C=O) groups is 1. The van der Waals surface area contributed by atoms with Crippen molar-refractivity contribution in [3.05, 3.63) is 73.6 Å². The minimum absolute atomic E-state index is 0.00540. The standard InChI is InChI=1S/C30H38N4O3/c1-9-11-21(10-2)20(3)33-26-24-16-25(34-27(24)32-19-31-26)22-12-14-23(15-13-22)37-18-29(4,5)17-30(6,7)28(35)36-8/h9-16,19-20H,1-2,17-18H2,3-8H3,(H2,31,32,33,34)/b21-11+/t20-/m1/s1. The smallest absolute Gasteiger partial charge is 0.311 e. The third-order valence-electron chi connectivity index (χ3n) is 6.28. The Labute approximate surface area is 219 Å². The highest BCUT2D eigenvalue weighted by molar-refractivity contribution is 5.91. The molecule has 1 aromatic carbocycles. The second-order valence-electron chi connectivity index (χ2n) is 10.7. The van der Waals surface area contributed by atoms with E-state index in [9.17, 15) is 4.79 Å². The lowest BCUT2D eigenvalue weighted by Gasteiger charge is -2.32. The number of H-pyrrole nitrogens is 1. The summed E-state index contributed by atoms with van der Waals surface area (Å²) in [5.74, 6) is 1.30. The maximum Gasteiger partial charge on any atom is 0.311 e. The van der Waals surface area contributed by atoms with Crippen molar-refractivity contribution in [1.29, 1.82) is 0 Å². The lowest BCUT2D eigenvalue weighted by Crippen LogP contribution is -2.34. The van der Waals surface area contributed by atoms with E-state index >= 15 is 0 Å². The topological polar surface area (TPSA) is 89.1 Å². The first-order valence-corrected chi connectivity index (χ1v) is 12.4. The molecule has 2 heterocycles. The number of hydrogen-bond acceptors (Lipinski definition) is 6. The molecule has 0 radical (unpaired) electrons. The van der Waals surface area contributed by atoms with Crippen molar-refractivity contribution >= 4 is 22.8 Å². The highest BCUT2D eigenvalue weighted by atomic mass is 16.5. The molecule has 196 valence electrons. The number of esters is 1. The number of ether oxygens (including phenoxy) is 2. The number of hydrogen-bond donors (Lipinski definition) is 2. The summed E-state index contributed by atoms with van der Waals surface area (Å²) in [5.41, 5.74) is 2.93. The zero-order valence-electron chi connectivity index (χ0n) is 22.7. The molecule has 2 N–H and O–H groups in total. The van der Waals surface area contributed by atoms with Crippen LogP contribution in [0.2, 0.25) is 0 Å². The number of benzene rings is 1. The van der Waals surface area contributed by atoms with E-state index in [0.717, 1.165) is 39.4 Å². The molecule has 7 heteroatoms. The molecule has 0 saturated heterocycles. The molecule has 0 unspecified atom stereocenters. The molecule has 2 aromatic heterocycles. The Kier molecular flexibility index (Phi) is 8.58. The second kappa shape index (κ2) is 11.5. The first-order chi connectivity index (χ1) is 17.5. The Morgan fingerprint density at radius 2 is 1.86 bits per heavy atom. The molecular weight excluding hydrogens is 464 g/mol. The predicted molar refractivity (Wildman–Crippen MR) is 151 cm³/mol. The molecule has 0 aliphatic rings. The summed E-state index contributed by atoms with van der Waals surface area (Å²) < 4.78 is 11.0. The summed E-state index contributed by atoms with van der Waals surface area (Å²) in [5, 5.41) is 4.35. The number of methoxy groups -OCH3 is 1. The van der Waals surface area contributed by atoms with Gasteiger partial charge in [0.1, 0.15) is 23.5 Å². The van der Waals surface area contributed by atoms with Crippen molar-refractivity contribution in [2.24, 2.45) is 10.8 Å². The normalized spacial score (nSPS) is 13.2. The summed E-state index contributed by atoms with van der Waals surface area (Å²) in [4.78, 5) is 24.3. The molecule has 0 amide bonds. The average Bonchev–Trinajstić information content (AvgIpc) is 3.30. The molecule has 0 bridgehead atoms. The lowest BCUT2D eigenvalue weighted by atomic mass is 9.75. The van der Waals surface area contributed by atoms with Crippen LogP contribution in [0.3, 0.4) is 0 Å². The minimum Gasteiger partial charge on any atom is -0.493 e. The van der Waals surface area contributed by atoms with Gasteiger partial charge in [0.2, 0.25) is 0 Å². The number of rotatable bonds is 12. The van der Waals surface area contributed by atoms with Crippen LogP contribution in [0.1, 0.15) is 41.0 Å². The van der Waals surface area contributed by atoms with Gasteiger partial charge in [0, 0.05) is 11.7 Å². The van der Waals surface area contributed by atoms with E-state index in [2.05, 4.69) is 54.2 Å². The summed E-state index contributed by atoms with van der Waals surface area (Å²) >= 11 is 0. The number of carbonyl (C=O) groups excluding carboxylic acids is 1. The maximum atomic E-state index is 12.1. The van der Waals surface area contributed by atoms with Crippen molar-refractivity contribution in [1.82, 2.24) is 15.0 Å². The molecule has 0 saturated carbocycles. The van der Waals surface area contributed by atoms with E-state index in [1.807, 2.05) is 56.3 Å². The summed E-state index contributed by atoms with van der Waals surface area (Å²) in [6.07, 6.45) is 7.67. The number of aromatic amines is 1. The molecule has 7 nitrogen and oxygen atoms in total. The highest BCUT2D eigenvalue weighted by Crippen LogP contribution is 2.35. The van der Waals surface area contributed by atoms with Crippen LogP contribution in [0.25, 0.3) is 22.3 Å². The van der Waals surface area contributed by atoms with Crippen LogP contribution in [0.5, 0.6) is 5.75 Å². The van der Waals surface area contributed by atoms with Gasteiger partial charge in [-0.2, -0.15) is 0 Å². The van der Waals surface area contributed by atoms with Crippen LogP contribution in [-0.2, 0) is 9.53 Å². The van der Waals surface area contributed by atoms with Gasteiger partial charge in [-0.25, -0.2) is 9.97 Å². The molecule has 37 heavy (non-hydrogen) atoms. The molecule has 0 aliphatic carbocycles. The van der Waals surface area contributed by atoms with Crippen molar-refractivity contribution in [2.45, 2.75) is 47.1 Å². The van der Waals surface area contributed by atoms with Gasteiger partial charge < -0.3 is 19.8 Å². The molecule has 3 rings (SSSR count). The zero-order chi connectivity index (χ0) is 27.2. The number of aromatic nitrogens is 3. The quantitative estimate of drug-likeness (QED) is 0.211. The Hall–Kier alpha value is -3.87. The van der Waals surface area contributed by atoms with Gasteiger partial charge in [0.25, 0.3) is 0 Å². The van der Waals surface area contributed by atoms with Crippen LogP contribution in [0.15, 0.2) is 73.6 Å². The monoisotopic (exact) mass is 502 g/mol. The fourth-order valence-corrected chi connectivity index (χ4v) is 4.63. The van der Waals surface area contributed by atoms with Crippen molar-refractivity contribution in [3.8, 4) is 17.0 Å². The van der Waals surface area contributed by atoms with E-state index in [1.54, 1.807) is 12.4 Å². The van der Waals surface area contributed by atoms with Gasteiger partial charge in [-0.1, -0.05) is 45.2 Å². The predicted octanol–water partition coefficient (Wildman–Crippen LogP) is 6.72. The fourth-order valence-electron chi connectivity index (χ4n) is 4.63. The van der Waals surface area contributed by atoms with E-state index in [-0.39, 0.29) is 17.4 Å². The lowest BCUT2D eigenvalue weighted by molar-refractivity contribution is -0.152. The van der Waals surface area contributed by atoms with Gasteiger partial charge in [0.05, 0.1) is 24.5 Å². The zero-order valence-corrected chi connectivity index (χ0v) is 22.7. The number of nitrogens with zero attached hydrogens (tertiary/aromatic N) is 2. The van der Waals surface area contributed by atoms with E-state index in [1.165, 1.54) is 7.11 Å². The number of nitrogens with one attached hydrogen (secondary N) is 2. The minimum atomic E-state index is -0.579. The summed E-state index contributed by atoms with van der Waals surface area (Å²) in [6.45, 7) is 18.2. The van der Waals surface area contributed by atoms with Gasteiger partial charge >= 0.3 is 5.97 Å². The van der Waals surface area contributed by atoms with Crippen LogP contribution in [0, 0.1) is 10.8 Å². The van der Waals surface area contributed by atoms with Crippen LogP contribution in [-0.4, -0.2) is 40.7 Å². The number of fused-ring (bicyclic) bond motifs is 1. The van der Waals surface area contributed by atoms with Gasteiger partial charge in [-0.05, 0) is 74.1 Å². The molecule has 0 aliphatic heterocycles. The largest absolute Gasteiger partial charge is 0.493 e. The number of allylic oxidation sites excluding steroid dienone is 2. The second-order valence-corrected chi connectivity index (χ2v) is 10.7. The van der Waals surface area contributed by atoms with Gasteiger partial charge in [-0.15, -0.1) is 0 Å². The first kappa shape index (κ1) is 27.7. The van der Waals surface area contributed by atoms with Crippen LogP contribution >= 0.6 is 0 Å². The first-order valence-electron chi connectivity index (χ1n) is 12.4. The average molecular weight is 503 g/mol. The van der Waals surface area contributed by atoms with Crippen LogP contribution < -0.4 is 10.1 Å². The third kappa shape index (κ3) is 6.88. The SMILES string of the molecule is C=C/C=C(\C=C)[C@@H](C)Nc1ncnc2[nH]c(-c3ccc(OCC(C)(C)CC(C)(C)C(=O)OC)cc3)cc12. The highest BCUT2D eigenvalue weighted by Gasteiger charge is 2.36. The van der Waals surface area contributed by atoms with Crippen molar-refractivity contribution in [2.75, 3.05) is 19.0 Å². The Balaban J connectivity index is 1.73. The molecule has 0 fully saturated rings.